The van der Waals surface area contributed by atoms with E-state index in [1.807, 2.05) is 0 Å². The molecule has 34 heavy (non-hydrogen) atoms. The number of aromatic nitrogens is 1. The van der Waals surface area contributed by atoms with Crippen molar-refractivity contribution in [2.75, 3.05) is 5.32 Å². The molecule has 1 atom stereocenters. The molecule has 1 amide bonds. The van der Waals surface area contributed by atoms with Gasteiger partial charge in [0.25, 0.3) is 5.56 Å². The molecule has 0 spiro atoms. The van der Waals surface area contributed by atoms with E-state index >= 15 is 0 Å². The predicted molar refractivity (Wildman–Crippen MR) is 131 cm³/mol. The zero-order valence-corrected chi connectivity index (χ0v) is 20.0. The largest absolute Gasteiger partial charge is 0.456 e. The van der Waals surface area contributed by atoms with Gasteiger partial charge in [-0.3, -0.25) is 9.59 Å². The number of carbonyl (C=O) groups is 2. The number of hydrogen-bond acceptors (Lipinski definition) is 5. The number of amides is 1. The Hall–Kier alpha value is -3.89. The van der Waals surface area contributed by atoms with Crippen molar-refractivity contribution in [2.24, 2.45) is 0 Å². The Kier molecular flexibility index (Phi) is 7.23. The first-order chi connectivity index (χ1) is 16.0. The maximum Gasteiger partial charge on any atom is 0.338 e. The lowest BCUT2D eigenvalue weighted by atomic mass is 10.0. The first-order valence-corrected chi connectivity index (χ1v) is 10.9. The number of nitrogens with zero attached hydrogens (tertiary/aromatic N) is 2. The second-order valence-corrected chi connectivity index (χ2v) is 9.14. The molecule has 8 heteroatoms. The molecule has 1 N–H and O–H groups in total. The highest BCUT2D eigenvalue weighted by Gasteiger charge is 2.19. The average molecular weight is 478 g/mol. The predicted octanol–water partition coefficient (Wildman–Crippen LogP) is 5.20. The van der Waals surface area contributed by atoms with Crippen LogP contribution in [0.4, 0.5) is 5.69 Å². The molecule has 7 nitrogen and oxygen atoms in total. The third kappa shape index (κ3) is 5.91. The molecule has 1 heterocycles. The van der Waals surface area contributed by atoms with Gasteiger partial charge in [-0.05, 0) is 81.8 Å². The normalized spacial score (nSPS) is 11.9. The maximum atomic E-state index is 12.7. The second kappa shape index (κ2) is 9.94. The lowest BCUT2D eigenvalue weighted by Crippen LogP contribution is -2.31. The van der Waals surface area contributed by atoms with E-state index in [9.17, 15) is 19.6 Å². The zero-order valence-electron chi connectivity index (χ0n) is 19.3. The molecule has 0 radical (unpaired) electrons. The summed E-state index contributed by atoms with van der Waals surface area (Å²) in [6.07, 6.45) is 1.51. The Bertz CT molecular complexity index is 1330. The quantitative estimate of drug-likeness (QED) is 0.509. The third-order valence-electron chi connectivity index (χ3n) is 4.94. The number of anilines is 1. The summed E-state index contributed by atoms with van der Waals surface area (Å²) in [5.74, 6) is -0.856. The van der Waals surface area contributed by atoms with Crippen LogP contribution in [0, 0.1) is 11.3 Å². The third-order valence-corrected chi connectivity index (χ3v) is 5.18. The summed E-state index contributed by atoms with van der Waals surface area (Å²) in [6, 6.07) is 15.4. The monoisotopic (exact) mass is 477 g/mol. The SMILES string of the molecule is CC(C(=O)Nc1ccc(C(=O)OC(C)(C)C)cc1)n1ccc(-c2cc(Cl)ccc2C#N)cc1=O. The van der Waals surface area contributed by atoms with Crippen molar-refractivity contribution in [3.8, 4) is 17.2 Å². The average Bonchev–Trinajstić information content (AvgIpc) is 2.77. The molecule has 1 aromatic heterocycles. The fourth-order valence-electron chi connectivity index (χ4n) is 3.23. The fraction of sp³-hybridized carbons (Fsp3) is 0.231. The second-order valence-electron chi connectivity index (χ2n) is 8.71. The number of pyridine rings is 1. The van der Waals surface area contributed by atoms with Crippen LogP contribution in [0.2, 0.25) is 5.02 Å². The van der Waals surface area contributed by atoms with Crippen LogP contribution in [0.5, 0.6) is 0 Å². The van der Waals surface area contributed by atoms with Crippen LogP contribution in [0.3, 0.4) is 0 Å². The lowest BCUT2D eigenvalue weighted by Gasteiger charge is -2.19. The van der Waals surface area contributed by atoms with E-state index in [4.69, 9.17) is 16.3 Å². The van der Waals surface area contributed by atoms with Gasteiger partial charge in [0.15, 0.2) is 0 Å². The Morgan fingerprint density at radius 3 is 2.35 bits per heavy atom. The van der Waals surface area contributed by atoms with Crippen molar-refractivity contribution in [3.63, 3.8) is 0 Å². The number of carbonyl (C=O) groups excluding carboxylic acids is 2. The van der Waals surface area contributed by atoms with Gasteiger partial charge in [0.1, 0.15) is 11.6 Å². The molecule has 0 fully saturated rings. The minimum atomic E-state index is -0.804. The highest BCUT2D eigenvalue weighted by molar-refractivity contribution is 6.30. The molecule has 1 unspecified atom stereocenters. The smallest absolute Gasteiger partial charge is 0.338 e. The van der Waals surface area contributed by atoms with E-state index in [1.54, 1.807) is 76.2 Å². The van der Waals surface area contributed by atoms with Crippen molar-refractivity contribution in [2.45, 2.75) is 39.3 Å². The van der Waals surface area contributed by atoms with Crippen molar-refractivity contribution >= 4 is 29.2 Å². The summed E-state index contributed by atoms with van der Waals surface area (Å²) < 4.78 is 6.62. The van der Waals surface area contributed by atoms with Gasteiger partial charge in [-0.25, -0.2) is 4.79 Å². The summed E-state index contributed by atoms with van der Waals surface area (Å²) in [6.45, 7) is 6.96. The molecule has 3 aromatic rings. The van der Waals surface area contributed by atoms with Crippen LogP contribution in [-0.4, -0.2) is 22.0 Å². The molecule has 0 bridgehead atoms. The highest BCUT2D eigenvalue weighted by atomic mass is 35.5. The van der Waals surface area contributed by atoms with Gasteiger partial charge in [0.2, 0.25) is 5.91 Å². The van der Waals surface area contributed by atoms with Crippen LogP contribution in [0.25, 0.3) is 11.1 Å². The minimum absolute atomic E-state index is 0.366. The van der Waals surface area contributed by atoms with Gasteiger partial charge in [-0.15, -0.1) is 0 Å². The molecular weight excluding hydrogens is 454 g/mol. The van der Waals surface area contributed by atoms with Gasteiger partial charge in [-0.2, -0.15) is 5.26 Å². The summed E-state index contributed by atoms with van der Waals surface area (Å²) >= 11 is 6.05. The number of halogens is 1. The molecule has 2 aromatic carbocycles. The van der Waals surface area contributed by atoms with Crippen molar-refractivity contribution in [1.29, 1.82) is 5.26 Å². The van der Waals surface area contributed by atoms with Crippen LogP contribution in [0.1, 0.15) is 49.7 Å². The van der Waals surface area contributed by atoms with Crippen LogP contribution >= 0.6 is 11.6 Å². The van der Waals surface area contributed by atoms with E-state index in [2.05, 4.69) is 11.4 Å². The molecule has 0 saturated heterocycles. The van der Waals surface area contributed by atoms with Crippen LogP contribution in [0.15, 0.2) is 65.6 Å². The number of esters is 1. The summed E-state index contributed by atoms with van der Waals surface area (Å²) in [5, 5.41) is 12.5. The first kappa shape index (κ1) is 24.7. The topological polar surface area (TPSA) is 101 Å². The number of ether oxygens (including phenoxy) is 1. The molecule has 3 rings (SSSR count). The standard InChI is InChI=1S/C26H24ClN3O4/c1-16(24(32)29-21-9-6-17(7-10-21)25(33)34-26(2,3)4)30-12-11-18(13-23(30)31)22-14-20(27)8-5-19(22)15-28/h5-14,16H,1-4H3,(H,29,32). The zero-order chi connectivity index (χ0) is 25.0. The number of nitrogens with one attached hydrogen (secondary N) is 1. The van der Waals surface area contributed by atoms with Crippen molar-refractivity contribution < 1.29 is 14.3 Å². The Morgan fingerprint density at radius 1 is 1.09 bits per heavy atom. The summed E-state index contributed by atoms with van der Waals surface area (Å²) in [4.78, 5) is 37.6. The number of rotatable bonds is 5. The number of benzene rings is 2. The molecular formula is C26H24ClN3O4. The van der Waals surface area contributed by atoms with Gasteiger partial charge < -0.3 is 14.6 Å². The first-order valence-electron chi connectivity index (χ1n) is 10.5. The summed E-state index contributed by atoms with van der Waals surface area (Å²) in [7, 11) is 0. The number of hydrogen-bond donors (Lipinski definition) is 1. The van der Waals surface area contributed by atoms with E-state index < -0.39 is 29.1 Å². The van der Waals surface area contributed by atoms with Gasteiger partial charge in [0.05, 0.1) is 17.2 Å². The fourth-order valence-corrected chi connectivity index (χ4v) is 3.40. The van der Waals surface area contributed by atoms with Gasteiger partial charge >= 0.3 is 5.97 Å². The summed E-state index contributed by atoms with van der Waals surface area (Å²) in [5.41, 5.74) is 1.31. The van der Waals surface area contributed by atoms with Crippen LogP contribution < -0.4 is 10.9 Å². The Balaban J connectivity index is 1.75. The van der Waals surface area contributed by atoms with Crippen molar-refractivity contribution in [3.05, 3.63) is 87.3 Å². The molecule has 0 aliphatic heterocycles. The van der Waals surface area contributed by atoms with Gasteiger partial charge in [0, 0.05) is 28.5 Å². The molecule has 0 aliphatic rings. The maximum absolute atomic E-state index is 12.7. The van der Waals surface area contributed by atoms with E-state index in [-0.39, 0.29) is 0 Å². The van der Waals surface area contributed by atoms with Gasteiger partial charge in [-0.1, -0.05) is 11.6 Å². The lowest BCUT2D eigenvalue weighted by molar-refractivity contribution is -0.118. The van der Waals surface area contributed by atoms with Crippen LogP contribution in [-0.2, 0) is 9.53 Å². The Labute approximate surface area is 202 Å². The highest BCUT2D eigenvalue weighted by Crippen LogP contribution is 2.26. The van der Waals surface area contributed by atoms with E-state index in [0.717, 1.165) is 0 Å². The molecule has 0 aliphatic carbocycles. The van der Waals surface area contributed by atoms with Crippen molar-refractivity contribution in [1.82, 2.24) is 4.57 Å². The molecule has 0 saturated carbocycles. The minimum Gasteiger partial charge on any atom is -0.456 e. The van der Waals surface area contributed by atoms with E-state index in [0.29, 0.717) is 33.0 Å². The van der Waals surface area contributed by atoms with E-state index in [1.165, 1.54) is 16.8 Å². The number of nitriles is 1. The molecule has 174 valence electrons. The Morgan fingerprint density at radius 2 is 1.76 bits per heavy atom.